The quantitative estimate of drug-likeness (QED) is 0.881. The Kier molecular flexibility index (Phi) is 4.88. The monoisotopic (exact) mass is 265 g/mol. The fourth-order valence-corrected chi connectivity index (χ4v) is 2.11. The average Bonchev–Trinajstić information content (AvgIpc) is 2.62. The number of hydrogen-bond donors (Lipinski definition) is 2. The van der Waals surface area contributed by atoms with Crippen molar-refractivity contribution in [1.82, 2.24) is 10.6 Å². The van der Waals surface area contributed by atoms with E-state index in [1.807, 2.05) is 13.0 Å². The molecule has 1 aromatic rings. The number of nitrogens with zero attached hydrogens (tertiary/aromatic N) is 1. The fraction of sp³-hybridized carbons (Fsp3) is 0.500. The molecule has 0 atom stereocenters. The molecule has 1 aliphatic heterocycles. The van der Waals surface area contributed by atoms with Gasteiger partial charge in [0, 0.05) is 24.7 Å². The molecule has 0 saturated heterocycles. The molecule has 0 radical (unpaired) electrons. The van der Waals surface area contributed by atoms with Gasteiger partial charge in [-0.3, -0.25) is 4.99 Å². The molecular weight excluding hydrogens is 246 g/mol. The Bertz CT molecular complexity index is 429. The maximum atomic E-state index is 6.01. The van der Waals surface area contributed by atoms with Crippen LogP contribution in [-0.2, 0) is 6.42 Å². The maximum Gasteiger partial charge on any atom is 0.191 e. The van der Waals surface area contributed by atoms with Crippen molar-refractivity contribution in [2.75, 3.05) is 19.6 Å². The minimum atomic E-state index is 0.835. The standard InChI is InChI=1S/C14H20ClN3/c1-11-10-12(4-5-13(11)15)6-9-18-14-16-7-2-3-8-17-14/h4-5,10H,2-3,6-9H2,1H3,(H2,16,17,18). The van der Waals surface area contributed by atoms with Crippen molar-refractivity contribution >= 4 is 17.6 Å². The summed E-state index contributed by atoms with van der Waals surface area (Å²) in [7, 11) is 0. The van der Waals surface area contributed by atoms with E-state index in [0.717, 1.165) is 42.6 Å². The minimum Gasteiger partial charge on any atom is -0.356 e. The lowest BCUT2D eigenvalue weighted by molar-refractivity contribution is 0.741. The van der Waals surface area contributed by atoms with Crippen LogP contribution in [0.2, 0.25) is 5.02 Å². The van der Waals surface area contributed by atoms with Gasteiger partial charge in [-0.15, -0.1) is 0 Å². The number of aliphatic imine (C=N–C) groups is 1. The summed E-state index contributed by atoms with van der Waals surface area (Å²) in [6, 6.07) is 6.19. The van der Waals surface area contributed by atoms with E-state index in [0.29, 0.717) is 0 Å². The summed E-state index contributed by atoms with van der Waals surface area (Å²) in [6.07, 6.45) is 3.36. The zero-order valence-electron chi connectivity index (χ0n) is 10.8. The number of hydrogen-bond acceptors (Lipinski definition) is 3. The van der Waals surface area contributed by atoms with Crippen LogP contribution in [0.1, 0.15) is 24.0 Å². The van der Waals surface area contributed by atoms with Gasteiger partial charge in [0.2, 0.25) is 0 Å². The van der Waals surface area contributed by atoms with Gasteiger partial charge in [0.1, 0.15) is 0 Å². The predicted molar refractivity (Wildman–Crippen MR) is 77.4 cm³/mol. The summed E-state index contributed by atoms with van der Waals surface area (Å²) >= 11 is 6.01. The molecule has 1 heterocycles. The summed E-state index contributed by atoms with van der Waals surface area (Å²) in [6.45, 7) is 4.88. The molecule has 0 amide bonds. The van der Waals surface area contributed by atoms with E-state index >= 15 is 0 Å². The number of aryl methyl sites for hydroxylation is 1. The van der Waals surface area contributed by atoms with Crippen LogP contribution >= 0.6 is 11.6 Å². The number of halogens is 1. The molecule has 0 bridgehead atoms. The minimum absolute atomic E-state index is 0.835. The van der Waals surface area contributed by atoms with Gasteiger partial charge in [0.25, 0.3) is 0 Å². The highest BCUT2D eigenvalue weighted by molar-refractivity contribution is 6.31. The van der Waals surface area contributed by atoms with Crippen LogP contribution in [0.4, 0.5) is 0 Å². The van der Waals surface area contributed by atoms with Gasteiger partial charge in [0.05, 0.1) is 0 Å². The van der Waals surface area contributed by atoms with Crippen molar-refractivity contribution in [2.24, 2.45) is 4.99 Å². The Labute approximate surface area is 114 Å². The Balaban J connectivity index is 1.80. The van der Waals surface area contributed by atoms with E-state index in [1.54, 1.807) is 0 Å². The number of rotatable bonds is 3. The first-order chi connectivity index (χ1) is 8.75. The van der Waals surface area contributed by atoms with E-state index in [9.17, 15) is 0 Å². The molecule has 0 saturated carbocycles. The van der Waals surface area contributed by atoms with Crippen molar-refractivity contribution in [3.05, 3.63) is 34.3 Å². The fourth-order valence-electron chi connectivity index (χ4n) is 2.00. The number of nitrogens with one attached hydrogen (secondary N) is 2. The lowest BCUT2D eigenvalue weighted by Crippen LogP contribution is -2.38. The molecule has 4 heteroatoms. The van der Waals surface area contributed by atoms with E-state index < -0.39 is 0 Å². The van der Waals surface area contributed by atoms with Crippen LogP contribution in [-0.4, -0.2) is 25.6 Å². The van der Waals surface area contributed by atoms with Crippen LogP contribution in [0.15, 0.2) is 23.2 Å². The lowest BCUT2D eigenvalue weighted by atomic mass is 10.1. The lowest BCUT2D eigenvalue weighted by Gasteiger charge is -2.10. The molecule has 0 unspecified atom stereocenters. The van der Waals surface area contributed by atoms with Crippen LogP contribution in [0, 0.1) is 6.92 Å². The largest absolute Gasteiger partial charge is 0.356 e. The first kappa shape index (κ1) is 13.2. The second-order valence-electron chi connectivity index (χ2n) is 4.62. The van der Waals surface area contributed by atoms with Gasteiger partial charge in [0.15, 0.2) is 5.96 Å². The average molecular weight is 266 g/mol. The van der Waals surface area contributed by atoms with E-state index in [4.69, 9.17) is 11.6 Å². The summed E-state index contributed by atoms with van der Waals surface area (Å²) in [5.74, 6) is 0.943. The van der Waals surface area contributed by atoms with Crippen molar-refractivity contribution in [2.45, 2.75) is 26.2 Å². The maximum absolute atomic E-state index is 6.01. The van der Waals surface area contributed by atoms with E-state index in [1.165, 1.54) is 18.4 Å². The normalized spacial score (nSPS) is 15.6. The van der Waals surface area contributed by atoms with Crippen LogP contribution < -0.4 is 10.6 Å². The Morgan fingerprint density at radius 2 is 2.28 bits per heavy atom. The molecule has 2 rings (SSSR count). The SMILES string of the molecule is Cc1cc(CCNC2=NCCCCN2)ccc1Cl. The van der Waals surface area contributed by atoms with E-state index in [-0.39, 0.29) is 0 Å². The molecule has 0 fully saturated rings. The second kappa shape index (κ2) is 6.64. The van der Waals surface area contributed by atoms with Gasteiger partial charge in [-0.25, -0.2) is 0 Å². The van der Waals surface area contributed by atoms with Crippen molar-refractivity contribution in [3.63, 3.8) is 0 Å². The van der Waals surface area contributed by atoms with E-state index in [2.05, 4.69) is 27.8 Å². The molecule has 0 spiro atoms. The molecule has 0 aromatic heterocycles. The Morgan fingerprint density at radius 1 is 1.39 bits per heavy atom. The van der Waals surface area contributed by atoms with Gasteiger partial charge in [-0.1, -0.05) is 23.7 Å². The third-order valence-corrected chi connectivity index (χ3v) is 3.50. The summed E-state index contributed by atoms with van der Waals surface area (Å²) in [5.41, 5.74) is 2.44. The van der Waals surface area contributed by atoms with Crippen molar-refractivity contribution in [3.8, 4) is 0 Å². The van der Waals surface area contributed by atoms with Crippen molar-refractivity contribution in [1.29, 1.82) is 0 Å². The zero-order valence-corrected chi connectivity index (χ0v) is 11.6. The van der Waals surface area contributed by atoms with Gasteiger partial charge in [-0.2, -0.15) is 0 Å². The van der Waals surface area contributed by atoms with Gasteiger partial charge < -0.3 is 10.6 Å². The van der Waals surface area contributed by atoms with Crippen LogP contribution in [0.5, 0.6) is 0 Å². The first-order valence-corrected chi connectivity index (χ1v) is 6.91. The highest BCUT2D eigenvalue weighted by atomic mass is 35.5. The predicted octanol–water partition coefficient (Wildman–Crippen LogP) is 2.52. The molecular formula is C14H20ClN3. The molecule has 3 nitrogen and oxygen atoms in total. The smallest absolute Gasteiger partial charge is 0.191 e. The number of benzene rings is 1. The first-order valence-electron chi connectivity index (χ1n) is 6.53. The second-order valence-corrected chi connectivity index (χ2v) is 5.03. The summed E-state index contributed by atoms with van der Waals surface area (Å²) < 4.78 is 0. The Morgan fingerprint density at radius 3 is 3.11 bits per heavy atom. The Hall–Kier alpha value is -1.22. The molecule has 0 aliphatic carbocycles. The highest BCUT2D eigenvalue weighted by Crippen LogP contribution is 2.16. The third-order valence-electron chi connectivity index (χ3n) is 3.08. The molecule has 1 aromatic carbocycles. The van der Waals surface area contributed by atoms with Crippen LogP contribution in [0.25, 0.3) is 0 Å². The molecule has 18 heavy (non-hydrogen) atoms. The zero-order chi connectivity index (χ0) is 12.8. The summed E-state index contributed by atoms with van der Waals surface area (Å²) in [4.78, 5) is 4.46. The molecule has 1 aliphatic rings. The molecule has 98 valence electrons. The van der Waals surface area contributed by atoms with Crippen molar-refractivity contribution < 1.29 is 0 Å². The van der Waals surface area contributed by atoms with Gasteiger partial charge in [-0.05, 0) is 43.4 Å². The third kappa shape index (κ3) is 3.91. The highest BCUT2D eigenvalue weighted by Gasteiger charge is 2.02. The molecule has 2 N–H and O–H groups in total. The summed E-state index contributed by atoms with van der Waals surface area (Å²) in [5, 5.41) is 7.49. The number of guanidine groups is 1. The van der Waals surface area contributed by atoms with Gasteiger partial charge >= 0.3 is 0 Å². The van der Waals surface area contributed by atoms with Crippen LogP contribution in [0.3, 0.4) is 0 Å². The topological polar surface area (TPSA) is 36.4 Å².